The highest BCUT2D eigenvalue weighted by Gasteiger charge is 2.47. The van der Waals surface area contributed by atoms with Crippen molar-refractivity contribution in [2.24, 2.45) is 0 Å². The first-order valence-corrected chi connectivity index (χ1v) is 28.0. The van der Waals surface area contributed by atoms with Crippen molar-refractivity contribution in [3.05, 3.63) is 134 Å². The minimum absolute atomic E-state index is 0.0592. The topological polar surface area (TPSA) is 175 Å². The number of aliphatic hydroxyl groups is 5. The minimum atomic E-state index is -1.65. The molecule has 0 radical (unpaired) electrons. The van der Waals surface area contributed by atoms with E-state index in [4.69, 9.17) is 14.2 Å². The highest BCUT2D eigenvalue weighted by Crippen LogP contribution is 2.26. The SMILES string of the molecule is CC/C=C\C/C=C\C/C=C\C/C=C\C/C=C\CCC(O)C(=O)NC(COC1OC(CO)C(O)C(O)C1OC(=O)CCCCC/C=C/C=C\C=C/C=C/C=C/CC)C(O)/C=C/CCCCCCCCCCCCC. The molecule has 1 rings (SSSR count). The average molecular weight is 1020 g/mol. The predicted octanol–water partition coefficient (Wildman–Crippen LogP) is 12.5. The predicted molar refractivity (Wildman–Crippen MR) is 301 cm³/mol. The largest absolute Gasteiger partial charge is 0.454 e. The molecule has 1 saturated heterocycles. The molecule has 1 aliphatic heterocycles. The molecule has 0 aliphatic carbocycles. The highest BCUT2D eigenvalue weighted by molar-refractivity contribution is 5.80. The van der Waals surface area contributed by atoms with Gasteiger partial charge in [0.25, 0.3) is 0 Å². The third kappa shape index (κ3) is 37.2. The average Bonchev–Trinajstić information content (AvgIpc) is 3.39. The van der Waals surface area contributed by atoms with Crippen molar-refractivity contribution < 1.29 is 49.3 Å². The number of carbonyl (C=O) groups is 2. The van der Waals surface area contributed by atoms with Crippen LogP contribution in [0.2, 0.25) is 0 Å². The lowest BCUT2D eigenvalue weighted by Gasteiger charge is -2.41. The van der Waals surface area contributed by atoms with Crippen LogP contribution < -0.4 is 5.32 Å². The molecule has 0 bridgehead atoms. The van der Waals surface area contributed by atoms with E-state index in [9.17, 15) is 35.1 Å². The van der Waals surface area contributed by atoms with Gasteiger partial charge in [-0.3, -0.25) is 9.59 Å². The maximum Gasteiger partial charge on any atom is 0.306 e. The van der Waals surface area contributed by atoms with E-state index in [0.29, 0.717) is 12.8 Å². The Morgan fingerprint density at radius 3 is 1.62 bits per heavy atom. The van der Waals surface area contributed by atoms with Gasteiger partial charge in [0, 0.05) is 6.42 Å². The molecule has 73 heavy (non-hydrogen) atoms. The van der Waals surface area contributed by atoms with Crippen LogP contribution in [0.1, 0.15) is 181 Å². The van der Waals surface area contributed by atoms with Crippen molar-refractivity contribution in [2.45, 2.75) is 230 Å². The first kappa shape index (κ1) is 66.8. The summed E-state index contributed by atoms with van der Waals surface area (Å²) in [6, 6.07) is -1.07. The number of nitrogens with one attached hydrogen (secondary N) is 1. The van der Waals surface area contributed by atoms with Gasteiger partial charge in [-0.2, -0.15) is 0 Å². The zero-order chi connectivity index (χ0) is 53.3. The van der Waals surface area contributed by atoms with Gasteiger partial charge in [0.1, 0.15) is 24.4 Å². The fraction of sp³-hybridized carbons (Fsp3) is 0.613. The molecule has 0 aromatic heterocycles. The zero-order valence-electron chi connectivity index (χ0n) is 45.2. The number of allylic oxidation sites excluding steroid dienone is 21. The molecule has 0 aromatic rings. The molecule has 0 spiro atoms. The lowest BCUT2D eigenvalue weighted by atomic mass is 9.99. The van der Waals surface area contributed by atoms with Crippen LogP contribution in [0.5, 0.6) is 0 Å². The summed E-state index contributed by atoms with van der Waals surface area (Å²) >= 11 is 0. The van der Waals surface area contributed by atoms with Crippen LogP contribution in [-0.2, 0) is 23.8 Å². The van der Waals surface area contributed by atoms with Gasteiger partial charge in [0.05, 0.1) is 25.4 Å². The van der Waals surface area contributed by atoms with Crippen molar-refractivity contribution in [3.8, 4) is 0 Å². The molecule has 11 nitrogen and oxygen atoms in total. The van der Waals surface area contributed by atoms with Crippen molar-refractivity contribution in [2.75, 3.05) is 13.2 Å². The maximum absolute atomic E-state index is 13.4. The summed E-state index contributed by atoms with van der Waals surface area (Å²) in [5.41, 5.74) is 0. The minimum Gasteiger partial charge on any atom is -0.454 e. The fourth-order valence-corrected chi connectivity index (χ4v) is 7.76. The Morgan fingerprint density at radius 2 is 1.05 bits per heavy atom. The van der Waals surface area contributed by atoms with Gasteiger partial charge in [0.2, 0.25) is 5.91 Å². The van der Waals surface area contributed by atoms with Gasteiger partial charge >= 0.3 is 5.97 Å². The summed E-state index contributed by atoms with van der Waals surface area (Å²) in [4.78, 5) is 26.4. The van der Waals surface area contributed by atoms with Crippen molar-refractivity contribution in [1.82, 2.24) is 5.32 Å². The van der Waals surface area contributed by atoms with Gasteiger partial charge < -0.3 is 45.1 Å². The summed E-state index contributed by atoms with van der Waals surface area (Å²) in [6.45, 7) is 5.43. The normalized spacial score (nSPS) is 20.5. The Labute approximate surface area is 442 Å². The second-order valence-corrected chi connectivity index (χ2v) is 18.7. The van der Waals surface area contributed by atoms with Crippen LogP contribution in [0, 0.1) is 0 Å². The Hall–Kier alpha value is -4.20. The molecule has 8 atom stereocenters. The molecule has 1 fully saturated rings. The summed E-state index contributed by atoms with van der Waals surface area (Å²) in [6.07, 6.45) is 57.9. The first-order valence-electron chi connectivity index (χ1n) is 28.0. The first-order chi connectivity index (χ1) is 35.7. The Bertz CT molecular complexity index is 1690. The number of ether oxygens (including phenoxy) is 3. The lowest BCUT2D eigenvalue weighted by Crippen LogP contribution is -2.61. The Balaban J connectivity index is 2.84. The second kappa shape index (κ2) is 48.7. The van der Waals surface area contributed by atoms with Gasteiger partial charge in [-0.25, -0.2) is 0 Å². The van der Waals surface area contributed by atoms with Gasteiger partial charge in [0.15, 0.2) is 12.4 Å². The number of amides is 1. The molecule has 1 amide bonds. The quantitative estimate of drug-likeness (QED) is 0.0149. The summed E-state index contributed by atoms with van der Waals surface area (Å²) in [7, 11) is 0. The molecule has 412 valence electrons. The zero-order valence-corrected chi connectivity index (χ0v) is 45.2. The van der Waals surface area contributed by atoms with Gasteiger partial charge in [-0.1, -0.05) is 225 Å². The number of aliphatic hydroxyl groups excluding tert-OH is 5. The molecule has 11 heteroatoms. The van der Waals surface area contributed by atoms with E-state index in [1.54, 1.807) is 6.08 Å². The molecular weight excluding hydrogens is 919 g/mol. The third-order valence-corrected chi connectivity index (χ3v) is 12.2. The van der Waals surface area contributed by atoms with Crippen LogP contribution in [0.15, 0.2) is 134 Å². The molecule has 1 aliphatic rings. The van der Waals surface area contributed by atoms with Crippen molar-refractivity contribution in [1.29, 1.82) is 0 Å². The van der Waals surface area contributed by atoms with Crippen molar-refractivity contribution >= 4 is 11.9 Å². The van der Waals surface area contributed by atoms with Crippen molar-refractivity contribution in [3.63, 3.8) is 0 Å². The lowest BCUT2D eigenvalue weighted by molar-refractivity contribution is -0.305. The molecule has 0 saturated carbocycles. The number of unbranched alkanes of at least 4 members (excludes halogenated alkanes) is 14. The number of esters is 1. The summed E-state index contributed by atoms with van der Waals surface area (Å²) < 4.78 is 17.5. The molecule has 0 aromatic carbocycles. The van der Waals surface area contributed by atoms with Crippen LogP contribution in [-0.4, -0.2) is 99.6 Å². The van der Waals surface area contributed by atoms with Crippen LogP contribution in [0.25, 0.3) is 0 Å². The number of hydrogen-bond acceptors (Lipinski definition) is 10. The van der Waals surface area contributed by atoms with Crippen LogP contribution in [0.4, 0.5) is 0 Å². The molecule has 6 N–H and O–H groups in total. The smallest absolute Gasteiger partial charge is 0.306 e. The molecular formula is C62H99NO10. The molecule has 1 heterocycles. The Morgan fingerprint density at radius 1 is 0.562 bits per heavy atom. The van der Waals surface area contributed by atoms with E-state index in [1.165, 1.54) is 51.4 Å². The number of hydrogen-bond donors (Lipinski definition) is 6. The van der Waals surface area contributed by atoms with E-state index in [1.807, 2.05) is 66.8 Å². The standard InChI is InChI=1S/C62H99NO10/c1-4-7-10-13-16-19-22-25-27-29-31-34-37-40-43-46-49-55(66)61(70)63-53(54(65)48-45-42-39-36-33-30-24-21-18-15-12-9-6-3)52-71-62-60(59(69)58(68)56(51-64)72-62)73-57(67)50-47-44-41-38-35-32-28-26-23-20-17-14-11-8-5-2/h7-8,10-11,14,16-17,19-20,23,25-28,31-32,34-35,40,43,45,48,53-56,58-60,62,64-66,68-69H,4-6,9,12-13,15,18,21-22,24,29-30,33,36-39,41-42,44,46-47,49-52H2,1-3H3,(H,63,70)/b10-7-,11-8+,17-14+,19-16-,23-20-,27-25-,28-26-,34-31-,35-32+,43-40-,48-45+. The van der Waals surface area contributed by atoms with Crippen LogP contribution >= 0.6 is 0 Å². The van der Waals surface area contributed by atoms with E-state index >= 15 is 0 Å². The van der Waals surface area contributed by atoms with Gasteiger partial charge in [-0.15, -0.1) is 0 Å². The monoisotopic (exact) mass is 1020 g/mol. The number of carbonyl (C=O) groups excluding carboxylic acids is 2. The van der Waals surface area contributed by atoms with E-state index in [0.717, 1.165) is 83.5 Å². The number of rotatable bonds is 44. The summed E-state index contributed by atoms with van der Waals surface area (Å²) in [5, 5.41) is 56.7. The van der Waals surface area contributed by atoms with E-state index in [2.05, 4.69) is 86.8 Å². The fourth-order valence-electron chi connectivity index (χ4n) is 7.76. The second-order valence-electron chi connectivity index (χ2n) is 18.7. The Kier molecular flexibility index (Phi) is 44.6. The van der Waals surface area contributed by atoms with Crippen LogP contribution in [0.3, 0.4) is 0 Å². The van der Waals surface area contributed by atoms with Gasteiger partial charge in [-0.05, 0) is 83.5 Å². The third-order valence-electron chi connectivity index (χ3n) is 12.2. The summed E-state index contributed by atoms with van der Waals surface area (Å²) in [5.74, 6) is -1.32. The highest BCUT2D eigenvalue weighted by atomic mass is 16.7. The molecule has 8 unspecified atom stereocenters. The van der Waals surface area contributed by atoms with E-state index in [-0.39, 0.29) is 19.4 Å². The maximum atomic E-state index is 13.4. The van der Waals surface area contributed by atoms with E-state index < -0.39 is 67.4 Å².